The van der Waals surface area contributed by atoms with Crippen molar-refractivity contribution in [3.05, 3.63) is 76.7 Å². The topological polar surface area (TPSA) is 48.5 Å². The zero-order chi connectivity index (χ0) is 18.5. The van der Waals surface area contributed by atoms with E-state index in [2.05, 4.69) is 44.4 Å². The summed E-state index contributed by atoms with van der Waals surface area (Å²) in [5.74, 6) is -0.155. The number of carbonyl (C=O) groups excluding carboxylic acids is 1. The third-order valence-corrected chi connectivity index (χ3v) is 5.50. The van der Waals surface area contributed by atoms with Crippen molar-refractivity contribution in [2.75, 3.05) is 36.4 Å². The Bertz CT molecular complexity index is 873. The summed E-state index contributed by atoms with van der Waals surface area (Å²) in [4.78, 5) is 21.7. The van der Waals surface area contributed by atoms with Crippen LogP contribution < -0.4 is 10.2 Å². The van der Waals surface area contributed by atoms with Crippen LogP contribution in [-0.4, -0.2) is 42.0 Å². The van der Waals surface area contributed by atoms with Gasteiger partial charge in [-0.3, -0.25) is 9.69 Å². The van der Waals surface area contributed by atoms with Crippen molar-refractivity contribution < 1.29 is 4.79 Å². The Labute approximate surface area is 163 Å². The second-order valence-corrected chi connectivity index (χ2v) is 7.49. The van der Waals surface area contributed by atoms with Gasteiger partial charge in [0.2, 0.25) is 0 Å². The average Bonchev–Trinajstić information content (AvgIpc) is 3.19. The summed E-state index contributed by atoms with van der Waals surface area (Å²) in [6.45, 7) is 4.82. The number of nitrogens with one attached hydrogen (secondary N) is 1. The van der Waals surface area contributed by atoms with Gasteiger partial charge in [0.05, 0.1) is 6.54 Å². The third-order valence-electron chi connectivity index (χ3n) is 4.67. The van der Waals surface area contributed by atoms with E-state index in [0.29, 0.717) is 5.69 Å². The average molecular weight is 379 g/mol. The van der Waals surface area contributed by atoms with E-state index in [-0.39, 0.29) is 5.91 Å². The van der Waals surface area contributed by atoms with E-state index in [1.165, 1.54) is 5.69 Å². The summed E-state index contributed by atoms with van der Waals surface area (Å²) < 4.78 is 0. The van der Waals surface area contributed by atoms with Gasteiger partial charge in [0.15, 0.2) is 0 Å². The number of aromatic nitrogens is 1. The lowest BCUT2D eigenvalue weighted by atomic mass is 10.2. The Morgan fingerprint density at radius 2 is 1.63 bits per heavy atom. The van der Waals surface area contributed by atoms with Crippen LogP contribution in [0.1, 0.15) is 15.5 Å². The molecule has 0 unspecified atom stereocenters. The minimum Gasteiger partial charge on any atom is -0.369 e. The Morgan fingerprint density at radius 3 is 2.33 bits per heavy atom. The van der Waals surface area contributed by atoms with E-state index in [9.17, 15) is 4.79 Å². The second kappa shape index (κ2) is 8.33. The predicted molar refractivity (Wildman–Crippen MR) is 110 cm³/mol. The molecule has 1 fully saturated rings. The number of piperazine rings is 1. The number of para-hydroxylation sites is 2. The molecular weight excluding hydrogens is 356 g/mol. The molecule has 0 bridgehead atoms. The van der Waals surface area contributed by atoms with Gasteiger partial charge in [-0.05, 0) is 24.3 Å². The van der Waals surface area contributed by atoms with E-state index in [4.69, 9.17) is 0 Å². The number of amides is 1. The molecule has 138 valence electrons. The number of hydrogen-bond acceptors (Lipinski definition) is 5. The Morgan fingerprint density at radius 1 is 0.963 bits per heavy atom. The highest BCUT2D eigenvalue weighted by atomic mass is 32.1. The van der Waals surface area contributed by atoms with Gasteiger partial charge < -0.3 is 10.2 Å². The van der Waals surface area contributed by atoms with Gasteiger partial charge in [0.1, 0.15) is 10.7 Å². The Kier molecular flexibility index (Phi) is 5.46. The van der Waals surface area contributed by atoms with Crippen LogP contribution in [0.25, 0.3) is 0 Å². The molecular formula is C21H22N4OS. The monoisotopic (exact) mass is 378 g/mol. The minimum absolute atomic E-state index is 0.155. The first kappa shape index (κ1) is 17.7. The molecule has 5 nitrogen and oxygen atoms in total. The van der Waals surface area contributed by atoms with E-state index < -0.39 is 0 Å². The molecule has 0 aliphatic carbocycles. The molecule has 1 amide bonds. The van der Waals surface area contributed by atoms with Gasteiger partial charge in [-0.1, -0.05) is 36.4 Å². The fraction of sp³-hybridized carbons (Fsp3) is 0.238. The quantitative estimate of drug-likeness (QED) is 0.735. The third kappa shape index (κ3) is 4.53. The van der Waals surface area contributed by atoms with Crippen LogP contribution in [0, 0.1) is 0 Å². The number of nitrogens with zero attached hydrogens (tertiary/aromatic N) is 3. The van der Waals surface area contributed by atoms with Gasteiger partial charge in [-0.2, -0.15) is 0 Å². The van der Waals surface area contributed by atoms with Gasteiger partial charge in [-0.25, -0.2) is 4.98 Å². The van der Waals surface area contributed by atoms with Crippen LogP contribution in [0.4, 0.5) is 11.4 Å². The van der Waals surface area contributed by atoms with Crippen molar-refractivity contribution in [2.24, 2.45) is 0 Å². The van der Waals surface area contributed by atoms with Crippen molar-refractivity contribution >= 4 is 28.6 Å². The fourth-order valence-electron chi connectivity index (χ4n) is 3.20. The van der Waals surface area contributed by atoms with Crippen LogP contribution in [0.2, 0.25) is 0 Å². The minimum atomic E-state index is -0.155. The summed E-state index contributed by atoms with van der Waals surface area (Å²) in [5, 5.41) is 5.71. The van der Waals surface area contributed by atoms with Crippen LogP contribution in [0.3, 0.4) is 0 Å². The summed E-state index contributed by atoms with van der Waals surface area (Å²) >= 11 is 1.55. The molecule has 2 aromatic carbocycles. The Hall–Kier alpha value is -2.70. The molecule has 6 heteroatoms. The molecule has 0 spiro atoms. The largest absolute Gasteiger partial charge is 0.369 e. The van der Waals surface area contributed by atoms with Gasteiger partial charge in [-0.15, -0.1) is 11.3 Å². The highest BCUT2D eigenvalue weighted by Crippen LogP contribution is 2.18. The molecule has 27 heavy (non-hydrogen) atoms. The lowest BCUT2D eigenvalue weighted by Gasteiger charge is -2.35. The zero-order valence-corrected chi connectivity index (χ0v) is 15.9. The first-order valence-electron chi connectivity index (χ1n) is 9.11. The van der Waals surface area contributed by atoms with E-state index in [0.717, 1.165) is 43.4 Å². The standard InChI is InChI=1S/C21H22N4OS/c26-21(22-17-7-3-1-4-8-17)19-16-27-20(23-19)15-24-11-13-25(14-12-24)18-9-5-2-6-10-18/h1-10,16H,11-15H2,(H,22,26). The number of benzene rings is 2. The van der Waals surface area contributed by atoms with Gasteiger partial charge in [0, 0.05) is 42.9 Å². The van der Waals surface area contributed by atoms with Crippen LogP contribution in [0.5, 0.6) is 0 Å². The summed E-state index contributed by atoms with van der Waals surface area (Å²) in [6, 6.07) is 20.0. The fourth-order valence-corrected chi connectivity index (χ4v) is 4.01. The van der Waals surface area contributed by atoms with Crippen molar-refractivity contribution in [2.45, 2.75) is 6.54 Å². The maximum atomic E-state index is 12.3. The molecule has 1 aliphatic heterocycles. The van der Waals surface area contributed by atoms with Crippen LogP contribution in [-0.2, 0) is 6.54 Å². The van der Waals surface area contributed by atoms with E-state index in [1.54, 1.807) is 11.3 Å². The number of rotatable bonds is 5. The molecule has 1 N–H and O–H groups in total. The lowest BCUT2D eigenvalue weighted by molar-refractivity contribution is 0.102. The smallest absolute Gasteiger partial charge is 0.275 e. The van der Waals surface area contributed by atoms with Crippen molar-refractivity contribution in [3.8, 4) is 0 Å². The molecule has 0 atom stereocenters. The summed E-state index contributed by atoms with van der Waals surface area (Å²) in [5.41, 5.74) is 2.56. The highest BCUT2D eigenvalue weighted by Gasteiger charge is 2.19. The Balaban J connectivity index is 1.30. The predicted octanol–water partition coefficient (Wildman–Crippen LogP) is 3.72. The molecule has 1 aromatic heterocycles. The van der Waals surface area contributed by atoms with E-state index >= 15 is 0 Å². The van der Waals surface area contributed by atoms with Crippen molar-refractivity contribution in [3.63, 3.8) is 0 Å². The molecule has 0 radical (unpaired) electrons. The first-order chi connectivity index (χ1) is 13.3. The molecule has 3 aromatic rings. The second-order valence-electron chi connectivity index (χ2n) is 6.55. The van der Waals surface area contributed by atoms with Crippen molar-refractivity contribution in [1.29, 1.82) is 0 Å². The summed E-state index contributed by atoms with van der Waals surface area (Å²) in [7, 11) is 0. The molecule has 0 saturated carbocycles. The highest BCUT2D eigenvalue weighted by molar-refractivity contribution is 7.09. The number of thiazole rings is 1. The number of carbonyl (C=O) groups is 1. The summed E-state index contributed by atoms with van der Waals surface area (Å²) in [6.07, 6.45) is 0. The van der Waals surface area contributed by atoms with E-state index in [1.807, 2.05) is 41.8 Å². The normalized spacial score (nSPS) is 14.9. The first-order valence-corrected chi connectivity index (χ1v) is 9.99. The van der Waals surface area contributed by atoms with Gasteiger partial charge in [0.25, 0.3) is 5.91 Å². The van der Waals surface area contributed by atoms with Gasteiger partial charge >= 0.3 is 0 Å². The number of hydrogen-bond donors (Lipinski definition) is 1. The SMILES string of the molecule is O=C(Nc1ccccc1)c1csc(CN2CCN(c3ccccc3)CC2)n1. The zero-order valence-electron chi connectivity index (χ0n) is 15.0. The number of anilines is 2. The van der Waals surface area contributed by atoms with Crippen LogP contribution >= 0.6 is 11.3 Å². The maximum Gasteiger partial charge on any atom is 0.275 e. The maximum absolute atomic E-state index is 12.3. The van der Waals surface area contributed by atoms with Crippen molar-refractivity contribution in [1.82, 2.24) is 9.88 Å². The van der Waals surface area contributed by atoms with Crippen LogP contribution in [0.15, 0.2) is 66.0 Å². The lowest BCUT2D eigenvalue weighted by Crippen LogP contribution is -2.45. The molecule has 2 heterocycles. The molecule has 1 aliphatic rings. The molecule has 1 saturated heterocycles. The molecule has 4 rings (SSSR count).